The molecule has 0 spiro atoms. The van der Waals surface area contributed by atoms with Crippen molar-refractivity contribution in [2.45, 2.75) is 6.92 Å². The highest BCUT2D eigenvalue weighted by Gasteiger charge is 2.12. The highest BCUT2D eigenvalue weighted by atomic mass is 35.5. The molecule has 2 aromatic heterocycles. The number of rotatable bonds is 1. The van der Waals surface area contributed by atoms with Crippen molar-refractivity contribution >= 4 is 45.1 Å². The van der Waals surface area contributed by atoms with E-state index >= 15 is 0 Å². The fourth-order valence-electron chi connectivity index (χ4n) is 2.63. The summed E-state index contributed by atoms with van der Waals surface area (Å²) < 4.78 is 0. The first-order valence-corrected chi connectivity index (χ1v) is 7.76. The largest absolute Gasteiger partial charge is 0.338 e. The molecular formula is C17H11Cl2N3O. The van der Waals surface area contributed by atoms with Gasteiger partial charge in [0.05, 0.1) is 26.6 Å². The third-order valence-electron chi connectivity index (χ3n) is 3.78. The lowest BCUT2D eigenvalue weighted by molar-refractivity contribution is 1.25. The Labute approximate surface area is 141 Å². The molecule has 4 nitrogen and oxygen atoms in total. The minimum absolute atomic E-state index is 0.197. The van der Waals surface area contributed by atoms with Crippen molar-refractivity contribution in [3.8, 4) is 11.4 Å². The maximum Gasteiger partial charge on any atom is 0.259 e. The molecule has 2 heterocycles. The second-order valence-corrected chi connectivity index (χ2v) is 6.29. The van der Waals surface area contributed by atoms with E-state index < -0.39 is 0 Å². The third-order valence-corrected chi connectivity index (χ3v) is 4.50. The van der Waals surface area contributed by atoms with E-state index in [1.165, 1.54) is 0 Å². The second kappa shape index (κ2) is 5.11. The number of fused-ring (bicyclic) bond motifs is 2. The lowest BCUT2D eigenvalue weighted by Gasteiger charge is -2.02. The summed E-state index contributed by atoms with van der Waals surface area (Å²) in [5.41, 5.74) is 3.60. The van der Waals surface area contributed by atoms with Gasteiger partial charge in [-0.05, 0) is 42.6 Å². The van der Waals surface area contributed by atoms with Crippen molar-refractivity contribution < 1.29 is 0 Å². The Balaban J connectivity index is 1.97. The molecule has 2 aromatic carbocycles. The summed E-state index contributed by atoms with van der Waals surface area (Å²) >= 11 is 12.0. The number of nitrogens with one attached hydrogen (secondary N) is 2. The zero-order valence-electron chi connectivity index (χ0n) is 12.1. The van der Waals surface area contributed by atoms with E-state index in [1.807, 2.05) is 31.2 Å². The number of halogens is 2. The van der Waals surface area contributed by atoms with Gasteiger partial charge in [-0.15, -0.1) is 0 Å². The number of hydrogen-bond acceptors (Lipinski definition) is 2. The molecule has 0 aliphatic heterocycles. The van der Waals surface area contributed by atoms with Crippen LogP contribution in [0.1, 0.15) is 5.56 Å². The van der Waals surface area contributed by atoms with E-state index in [-0.39, 0.29) is 5.56 Å². The van der Waals surface area contributed by atoms with E-state index in [2.05, 4.69) is 15.0 Å². The Hall–Kier alpha value is -2.30. The standard InChI is InChI=1S/C17H11Cl2N3O/c1-8-2-3-13-9(4-8)5-10(17(23)22-13)16-20-14-6-11(18)12(19)7-15(14)21-16/h2-7H,1H3,(H,20,21)(H,22,23). The minimum atomic E-state index is -0.197. The first kappa shape index (κ1) is 14.3. The molecule has 6 heteroatoms. The number of aryl methyl sites for hydroxylation is 1. The van der Waals surface area contributed by atoms with Crippen LogP contribution in [0, 0.1) is 6.92 Å². The predicted octanol–water partition coefficient (Wildman–Crippen LogP) is 4.69. The number of H-pyrrole nitrogens is 2. The summed E-state index contributed by atoms with van der Waals surface area (Å²) in [6, 6.07) is 11.1. The molecule has 23 heavy (non-hydrogen) atoms. The van der Waals surface area contributed by atoms with E-state index in [0.29, 0.717) is 26.9 Å². The molecule has 0 fully saturated rings. The van der Waals surface area contributed by atoms with Crippen LogP contribution in [0.2, 0.25) is 10.0 Å². The van der Waals surface area contributed by atoms with Gasteiger partial charge < -0.3 is 9.97 Å². The molecule has 0 atom stereocenters. The summed E-state index contributed by atoms with van der Waals surface area (Å²) in [5, 5.41) is 1.83. The number of benzene rings is 2. The molecule has 114 valence electrons. The molecule has 4 rings (SSSR count). The van der Waals surface area contributed by atoms with Crippen molar-refractivity contribution in [2.75, 3.05) is 0 Å². The van der Waals surface area contributed by atoms with Gasteiger partial charge in [0.2, 0.25) is 0 Å². The van der Waals surface area contributed by atoms with Crippen molar-refractivity contribution in [1.82, 2.24) is 15.0 Å². The van der Waals surface area contributed by atoms with Gasteiger partial charge in [-0.1, -0.05) is 34.8 Å². The number of pyridine rings is 1. The summed E-state index contributed by atoms with van der Waals surface area (Å²) in [7, 11) is 0. The first-order chi connectivity index (χ1) is 11.0. The van der Waals surface area contributed by atoms with Crippen LogP contribution in [0.25, 0.3) is 33.3 Å². The maximum absolute atomic E-state index is 12.4. The van der Waals surface area contributed by atoms with Gasteiger partial charge >= 0.3 is 0 Å². The van der Waals surface area contributed by atoms with Gasteiger partial charge in [0.15, 0.2) is 0 Å². The highest BCUT2D eigenvalue weighted by molar-refractivity contribution is 6.42. The SMILES string of the molecule is Cc1ccc2[nH]c(=O)c(-c3nc4cc(Cl)c(Cl)cc4[nH]3)cc2c1. The van der Waals surface area contributed by atoms with Gasteiger partial charge in [0.25, 0.3) is 5.56 Å². The zero-order chi connectivity index (χ0) is 16.1. The van der Waals surface area contributed by atoms with Crippen LogP contribution in [-0.4, -0.2) is 15.0 Å². The molecule has 0 amide bonds. The van der Waals surface area contributed by atoms with Gasteiger partial charge in [-0.2, -0.15) is 0 Å². The number of aromatic amines is 2. The van der Waals surface area contributed by atoms with Crippen LogP contribution < -0.4 is 5.56 Å². The fourth-order valence-corrected chi connectivity index (χ4v) is 2.96. The Kier molecular flexibility index (Phi) is 3.18. The van der Waals surface area contributed by atoms with E-state index in [9.17, 15) is 4.79 Å². The van der Waals surface area contributed by atoms with Gasteiger partial charge in [0.1, 0.15) is 5.82 Å². The summed E-state index contributed by atoms with van der Waals surface area (Å²) in [4.78, 5) is 22.8. The lowest BCUT2D eigenvalue weighted by Crippen LogP contribution is -2.09. The molecule has 0 radical (unpaired) electrons. The first-order valence-electron chi connectivity index (χ1n) is 7.00. The van der Waals surface area contributed by atoms with Crippen LogP contribution in [0.5, 0.6) is 0 Å². The highest BCUT2D eigenvalue weighted by Crippen LogP contribution is 2.28. The van der Waals surface area contributed by atoms with Crippen molar-refractivity contribution in [1.29, 1.82) is 0 Å². The fraction of sp³-hybridized carbons (Fsp3) is 0.0588. The molecule has 2 N–H and O–H groups in total. The lowest BCUT2D eigenvalue weighted by atomic mass is 10.1. The van der Waals surface area contributed by atoms with Gasteiger partial charge in [0, 0.05) is 5.52 Å². The van der Waals surface area contributed by atoms with E-state index in [1.54, 1.807) is 12.1 Å². The molecule has 0 saturated carbocycles. The topological polar surface area (TPSA) is 61.5 Å². The normalized spacial score (nSPS) is 11.4. The smallest absolute Gasteiger partial charge is 0.259 e. The Morgan fingerprint density at radius 3 is 2.57 bits per heavy atom. The van der Waals surface area contributed by atoms with Crippen LogP contribution >= 0.6 is 23.2 Å². The molecule has 0 aliphatic rings. The second-order valence-electron chi connectivity index (χ2n) is 5.47. The van der Waals surface area contributed by atoms with E-state index in [0.717, 1.165) is 22.0 Å². The summed E-state index contributed by atoms with van der Waals surface area (Å²) in [6.45, 7) is 2.01. The number of aromatic nitrogens is 3. The number of imidazole rings is 1. The van der Waals surface area contributed by atoms with Crippen molar-refractivity contribution in [2.24, 2.45) is 0 Å². The number of nitrogens with zero attached hydrogens (tertiary/aromatic N) is 1. The van der Waals surface area contributed by atoms with Crippen LogP contribution in [-0.2, 0) is 0 Å². The molecule has 0 aliphatic carbocycles. The molecule has 4 aromatic rings. The van der Waals surface area contributed by atoms with Crippen LogP contribution in [0.4, 0.5) is 0 Å². The van der Waals surface area contributed by atoms with Crippen LogP contribution in [0.15, 0.2) is 41.2 Å². The Morgan fingerprint density at radius 1 is 0.957 bits per heavy atom. The average molecular weight is 344 g/mol. The van der Waals surface area contributed by atoms with Gasteiger partial charge in [-0.25, -0.2) is 4.98 Å². The molecule has 0 unspecified atom stereocenters. The quantitative estimate of drug-likeness (QED) is 0.526. The van der Waals surface area contributed by atoms with Crippen molar-refractivity contribution in [3.63, 3.8) is 0 Å². The molecular weight excluding hydrogens is 333 g/mol. The molecule has 0 saturated heterocycles. The minimum Gasteiger partial charge on any atom is -0.338 e. The van der Waals surface area contributed by atoms with E-state index in [4.69, 9.17) is 23.2 Å². The third kappa shape index (κ3) is 2.40. The molecule has 0 bridgehead atoms. The predicted molar refractivity (Wildman–Crippen MR) is 94.4 cm³/mol. The van der Waals surface area contributed by atoms with Crippen molar-refractivity contribution in [3.05, 3.63) is 62.4 Å². The maximum atomic E-state index is 12.4. The summed E-state index contributed by atoms with van der Waals surface area (Å²) in [5.74, 6) is 0.489. The monoisotopic (exact) mass is 343 g/mol. The summed E-state index contributed by atoms with van der Waals surface area (Å²) in [6.07, 6.45) is 0. The Bertz CT molecular complexity index is 1090. The van der Waals surface area contributed by atoms with Crippen LogP contribution in [0.3, 0.4) is 0 Å². The average Bonchev–Trinajstić information content (AvgIpc) is 2.90. The zero-order valence-corrected chi connectivity index (χ0v) is 13.6. The Morgan fingerprint density at radius 2 is 1.74 bits per heavy atom. The van der Waals surface area contributed by atoms with Gasteiger partial charge in [-0.3, -0.25) is 4.79 Å². The number of hydrogen-bond donors (Lipinski definition) is 2.